The molecule has 2 heterocycles. The summed E-state index contributed by atoms with van der Waals surface area (Å²) in [6.45, 7) is 7.89. The van der Waals surface area contributed by atoms with Crippen molar-refractivity contribution in [2.75, 3.05) is 11.9 Å². The monoisotopic (exact) mass is 420 g/mol. The zero-order valence-electron chi connectivity index (χ0n) is 16.1. The number of aromatic nitrogens is 3. The maximum absolute atomic E-state index is 12.4. The Kier molecular flexibility index (Phi) is 6.00. The van der Waals surface area contributed by atoms with Gasteiger partial charge in [-0.15, -0.1) is 0 Å². The van der Waals surface area contributed by atoms with E-state index in [2.05, 4.69) is 15.4 Å². The predicted octanol–water partition coefficient (Wildman–Crippen LogP) is 4.21. The number of nitrogens with one attached hydrogen (secondary N) is 1. The SMILES string of the molecule is Cc1ccc2nc(NC(=O)COC(=O)c3c(C)nn(CC(C)C)c3Cl)sc2c1. The molecule has 0 atom stereocenters. The van der Waals surface area contributed by atoms with Crippen molar-refractivity contribution in [3.05, 3.63) is 40.2 Å². The minimum atomic E-state index is -0.674. The van der Waals surface area contributed by atoms with Crippen LogP contribution in [-0.2, 0) is 16.1 Å². The Hall–Kier alpha value is -2.45. The predicted molar refractivity (Wildman–Crippen MR) is 110 cm³/mol. The first-order chi connectivity index (χ1) is 13.2. The molecule has 0 unspecified atom stereocenters. The van der Waals surface area contributed by atoms with Crippen molar-refractivity contribution in [2.45, 2.75) is 34.2 Å². The molecule has 1 N–H and O–H groups in total. The van der Waals surface area contributed by atoms with Crippen LogP contribution >= 0.6 is 22.9 Å². The maximum Gasteiger partial charge on any atom is 0.343 e. The topological polar surface area (TPSA) is 86.1 Å². The number of hydrogen-bond acceptors (Lipinski definition) is 6. The summed E-state index contributed by atoms with van der Waals surface area (Å²) < 4.78 is 7.67. The number of ether oxygens (including phenoxy) is 1. The number of carbonyl (C=O) groups is 2. The molecule has 0 saturated heterocycles. The standard InChI is InChI=1S/C19H21ClN4O3S/c1-10(2)8-24-17(20)16(12(4)23-24)18(26)27-9-15(25)22-19-21-13-6-5-11(3)7-14(13)28-19/h5-7,10H,8-9H2,1-4H3,(H,21,22,25). The number of aryl methyl sites for hydroxylation is 2. The van der Waals surface area contributed by atoms with Crippen molar-refractivity contribution < 1.29 is 14.3 Å². The highest BCUT2D eigenvalue weighted by Crippen LogP contribution is 2.26. The molecule has 3 rings (SSSR count). The number of esters is 1. The normalized spacial score (nSPS) is 11.2. The third-order valence-corrected chi connectivity index (χ3v) is 5.25. The Labute approximate surface area is 171 Å². The lowest BCUT2D eigenvalue weighted by atomic mass is 10.2. The smallest absolute Gasteiger partial charge is 0.343 e. The van der Waals surface area contributed by atoms with E-state index >= 15 is 0 Å². The number of halogens is 1. The van der Waals surface area contributed by atoms with Gasteiger partial charge in [-0.1, -0.05) is 42.9 Å². The second-order valence-electron chi connectivity index (χ2n) is 6.94. The Morgan fingerprint density at radius 1 is 1.32 bits per heavy atom. The first-order valence-corrected chi connectivity index (χ1v) is 10.0. The number of hydrogen-bond donors (Lipinski definition) is 1. The lowest BCUT2D eigenvalue weighted by Gasteiger charge is -2.06. The molecule has 7 nitrogen and oxygen atoms in total. The lowest BCUT2D eigenvalue weighted by molar-refractivity contribution is -0.119. The summed E-state index contributed by atoms with van der Waals surface area (Å²) in [5, 5.41) is 7.61. The van der Waals surface area contributed by atoms with Gasteiger partial charge in [-0.2, -0.15) is 5.10 Å². The van der Waals surface area contributed by atoms with E-state index in [-0.39, 0.29) is 10.7 Å². The summed E-state index contributed by atoms with van der Waals surface area (Å²) in [5.74, 6) is -0.816. The van der Waals surface area contributed by atoms with Crippen LogP contribution < -0.4 is 5.32 Å². The van der Waals surface area contributed by atoms with Crippen LogP contribution in [0.1, 0.15) is 35.5 Å². The van der Waals surface area contributed by atoms with Crippen LogP contribution in [0.4, 0.5) is 5.13 Å². The van der Waals surface area contributed by atoms with Gasteiger partial charge in [-0.25, -0.2) is 9.78 Å². The number of rotatable bonds is 6. The molecule has 0 aliphatic rings. The first-order valence-electron chi connectivity index (χ1n) is 8.81. The van der Waals surface area contributed by atoms with Crippen LogP contribution in [0.15, 0.2) is 18.2 Å². The quantitative estimate of drug-likeness (QED) is 0.603. The molecule has 1 amide bonds. The van der Waals surface area contributed by atoms with Crippen LogP contribution in [0.5, 0.6) is 0 Å². The number of amides is 1. The average Bonchev–Trinajstić information content (AvgIpc) is 3.11. The van der Waals surface area contributed by atoms with E-state index in [1.54, 1.807) is 11.6 Å². The molecule has 0 aliphatic heterocycles. The van der Waals surface area contributed by atoms with E-state index in [0.717, 1.165) is 15.8 Å². The van der Waals surface area contributed by atoms with Gasteiger partial charge in [0.1, 0.15) is 10.7 Å². The highest BCUT2D eigenvalue weighted by atomic mass is 35.5. The molecule has 148 valence electrons. The molecule has 0 radical (unpaired) electrons. The summed E-state index contributed by atoms with van der Waals surface area (Å²) in [4.78, 5) is 28.9. The van der Waals surface area contributed by atoms with Crippen molar-refractivity contribution in [3.8, 4) is 0 Å². The fourth-order valence-corrected chi connectivity index (χ4v) is 4.00. The number of fused-ring (bicyclic) bond motifs is 1. The van der Waals surface area contributed by atoms with Gasteiger partial charge in [0.25, 0.3) is 5.91 Å². The van der Waals surface area contributed by atoms with E-state index in [4.69, 9.17) is 16.3 Å². The van der Waals surface area contributed by atoms with E-state index in [0.29, 0.717) is 23.3 Å². The van der Waals surface area contributed by atoms with Gasteiger partial charge in [-0.3, -0.25) is 14.8 Å². The van der Waals surface area contributed by atoms with Gasteiger partial charge in [0.2, 0.25) is 0 Å². The fourth-order valence-electron chi connectivity index (χ4n) is 2.70. The van der Waals surface area contributed by atoms with Crippen molar-refractivity contribution in [1.82, 2.24) is 14.8 Å². The molecule has 0 fully saturated rings. The minimum Gasteiger partial charge on any atom is -0.452 e. The van der Waals surface area contributed by atoms with Gasteiger partial charge >= 0.3 is 5.97 Å². The molecule has 28 heavy (non-hydrogen) atoms. The van der Waals surface area contributed by atoms with Crippen LogP contribution in [0.2, 0.25) is 5.15 Å². The second-order valence-corrected chi connectivity index (χ2v) is 8.33. The van der Waals surface area contributed by atoms with Gasteiger partial charge < -0.3 is 4.74 Å². The lowest BCUT2D eigenvalue weighted by Crippen LogP contribution is -2.21. The van der Waals surface area contributed by atoms with Crippen LogP contribution in [0, 0.1) is 19.8 Å². The van der Waals surface area contributed by atoms with Gasteiger partial charge in [-0.05, 0) is 37.5 Å². The highest BCUT2D eigenvalue weighted by Gasteiger charge is 2.23. The van der Waals surface area contributed by atoms with Crippen molar-refractivity contribution >= 4 is 50.2 Å². The molecule has 0 bridgehead atoms. The van der Waals surface area contributed by atoms with Gasteiger partial charge in [0, 0.05) is 6.54 Å². The Bertz CT molecular complexity index is 1040. The van der Waals surface area contributed by atoms with Crippen LogP contribution in [0.3, 0.4) is 0 Å². The molecule has 0 saturated carbocycles. The third-order valence-electron chi connectivity index (χ3n) is 3.93. The molecular formula is C19H21ClN4O3S. The largest absolute Gasteiger partial charge is 0.452 e. The Morgan fingerprint density at radius 3 is 2.79 bits per heavy atom. The maximum atomic E-state index is 12.4. The molecule has 1 aromatic carbocycles. The molecule has 3 aromatic rings. The molecule has 9 heteroatoms. The Balaban J connectivity index is 1.62. The number of anilines is 1. The van der Waals surface area contributed by atoms with Crippen LogP contribution in [0.25, 0.3) is 10.2 Å². The van der Waals surface area contributed by atoms with Gasteiger partial charge in [0.15, 0.2) is 11.7 Å². The Morgan fingerprint density at radius 2 is 2.07 bits per heavy atom. The summed E-state index contributed by atoms with van der Waals surface area (Å²) in [6.07, 6.45) is 0. The fraction of sp³-hybridized carbons (Fsp3) is 0.368. The third kappa shape index (κ3) is 4.51. The summed E-state index contributed by atoms with van der Waals surface area (Å²) in [6, 6.07) is 5.86. The number of thiazole rings is 1. The second kappa shape index (κ2) is 8.28. The molecular weight excluding hydrogens is 400 g/mol. The highest BCUT2D eigenvalue weighted by molar-refractivity contribution is 7.22. The van der Waals surface area contributed by atoms with Crippen molar-refractivity contribution in [2.24, 2.45) is 5.92 Å². The van der Waals surface area contributed by atoms with E-state index in [9.17, 15) is 9.59 Å². The zero-order chi connectivity index (χ0) is 20.4. The summed E-state index contributed by atoms with van der Waals surface area (Å²) in [7, 11) is 0. The zero-order valence-corrected chi connectivity index (χ0v) is 17.6. The van der Waals surface area contributed by atoms with E-state index in [1.165, 1.54) is 11.3 Å². The molecule has 2 aromatic heterocycles. The summed E-state index contributed by atoms with van der Waals surface area (Å²) >= 11 is 7.63. The number of benzene rings is 1. The van der Waals surface area contributed by atoms with Crippen molar-refractivity contribution in [1.29, 1.82) is 0 Å². The number of carbonyl (C=O) groups excluding carboxylic acids is 2. The summed E-state index contributed by atoms with van der Waals surface area (Å²) in [5.41, 5.74) is 2.58. The van der Waals surface area contributed by atoms with Crippen LogP contribution in [-0.4, -0.2) is 33.2 Å². The van der Waals surface area contributed by atoms with E-state index < -0.39 is 18.5 Å². The number of nitrogens with zero attached hydrogens (tertiary/aromatic N) is 3. The first kappa shape index (κ1) is 20.3. The molecule has 0 spiro atoms. The minimum absolute atomic E-state index is 0.186. The molecule has 0 aliphatic carbocycles. The van der Waals surface area contributed by atoms with Gasteiger partial charge in [0.05, 0.1) is 15.9 Å². The average molecular weight is 421 g/mol. The van der Waals surface area contributed by atoms with E-state index in [1.807, 2.05) is 39.0 Å². The van der Waals surface area contributed by atoms with Crippen molar-refractivity contribution in [3.63, 3.8) is 0 Å².